The number of nitrogens with one attached hydrogen (secondary N) is 2. The van der Waals surface area contributed by atoms with Gasteiger partial charge in [0, 0.05) is 31.7 Å². The molecule has 2 N–H and O–H groups in total. The number of hydrogen-bond acceptors (Lipinski definition) is 4. The molecule has 0 aliphatic carbocycles. The van der Waals surface area contributed by atoms with Crippen LogP contribution in [0.1, 0.15) is 17.5 Å². The first-order valence-corrected chi connectivity index (χ1v) is 7.56. The molecule has 2 rings (SSSR count). The van der Waals surface area contributed by atoms with E-state index >= 15 is 0 Å². The molecule has 1 aliphatic rings. The maximum Gasteiger partial charge on any atom is 0.411 e. The van der Waals surface area contributed by atoms with E-state index in [1.807, 2.05) is 32.0 Å². The number of aryl methyl sites for hydroxylation is 2. The summed E-state index contributed by atoms with van der Waals surface area (Å²) in [5.41, 5.74) is 3.00. The predicted octanol–water partition coefficient (Wildman–Crippen LogP) is 1.67. The number of amides is 2. The van der Waals surface area contributed by atoms with E-state index in [4.69, 9.17) is 4.74 Å². The van der Waals surface area contributed by atoms with E-state index in [9.17, 15) is 9.59 Å². The molecule has 1 heterocycles. The van der Waals surface area contributed by atoms with E-state index in [1.165, 1.54) is 5.56 Å². The van der Waals surface area contributed by atoms with Gasteiger partial charge in [-0.15, -0.1) is 0 Å². The minimum Gasteiger partial charge on any atom is -0.447 e. The average molecular weight is 305 g/mol. The number of ether oxygens (including phenoxy) is 1. The van der Waals surface area contributed by atoms with Crippen molar-refractivity contribution in [1.82, 2.24) is 10.2 Å². The summed E-state index contributed by atoms with van der Waals surface area (Å²) in [6.07, 6.45) is -0.00174. The molecule has 1 aromatic rings. The largest absolute Gasteiger partial charge is 0.447 e. The molecule has 6 heteroatoms. The summed E-state index contributed by atoms with van der Waals surface area (Å²) in [6.45, 7) is 6.78. The molecule has 22 heavy (non-hydrogen) atoms. The van der Waals surface area contributed by atoms with E-state index in [1.54, 1.807) is 4.90 Å². The maximum absolute atomic E-state index is 11.8. The molecule has 0 radical (unpaired) electrons. The smallest absolute Gasteiger partial charge is 0.411 e. The quantitative estimate of drug-likeness (QED) is 0.888. The number of hydrogen-bond donors (Lipinski definition) is 2. The summed E-state index contributed by atoms with van der Waals surface area (Å²) >= 11 is 0. The van der Waals surface area contributed by atoms with Gasteiger partial charge in [0.1, 0.15) is 6.61 Å². The van der Waals surface area contributed by atoms with Gasteiger partial charge < -0.3 is 15.0 Å². The summed E-state index contributed by atoms with van der Waals surface area (Å²) in [6, 6.07) is 5.70. The number of benzene rings is 1. The summed E-state index contributed by atoms with van der Waals surface area (Å²) in [5, 5.41) is 5.86. The standard InChI is InChI=1S/C16H23N3O3/c1-12-3-4-14(11-13(12)2)18-16(21)22-10-9-19-8-7-17-6-5-15(19)20/h3-4,11,17H,5-10H2,1-2H3,(H,18,21). The molecule has 0 atom stereocenters. The Bertz CT molecular complexity index is 545. The first-order valence-electron chi connectivity index (χ1n) is 7.56. The number of carbonyl (C=O) groups excluding carboxylic acids is 2. The van der Waals surface area contributed by atoms with Crippen molar-refractivity contribution in [2.24, 2.45) is 0 Å². The Morgan fingerprint density at radius 3 is 2.91 bits per heavy atom. The van der Waals surface area contributed by atoms with Crippen LogP contribution >= 0.6 is 0 Å². The van der Waals surface area contributed by atoms with Gasteiger partial charge in [-0.2, -0.15) is 0 Å². The second-order valence-electron chi connectivity index (χ2n) is 5.44. The Kier molecular flexibility index (Phi) is 5.77. The lowest BCUT2D eigenvalue weighted by Gasteiger charge is -2.19. The SMILES string of the molecule is Cc1ccc(NC(=O)OCCN2CCNCCC2=O)cc1C. The first-order chi connectivity index (χ1) is 10.6. The number of anilines is 1. The monoisotopic (exact) mass is 305 g/mol. The van der Waals surface area contributed by atoms with Crippen LogP contribution < -0.4 is 10.6 Å². The fourth-order valence-corrected chi connectivity index (χ4v) is 2.28. The molecule has 0 saturated carbocycles. The van der Waals surface area contributed by atoms with Crippen molar-refractivity contribution in [1.29, 1.82) is 0 Å². The topological polar surface area (TPSA) is 70.7 Å². The molecular weight excluding hydrogens is 282 g/mol. The van der Waals surface area contributed by atoms with Gasteiger partial charge in [-0.25, -0.2) is 4.79 Å². The van der Waals surface area contributed by atoms with Crippen molar-refractivity contribution in [3.8, 4) is 0 Å². The van der Waals surface area contributed by atoms with Gasteiger partial charge in [0.05, 0.1) is 6.54 Å². The van der Waals surface area contributed by atoms with Crippen LogP contribution in [0, 0.1) is 13.8 Å². The van der Waals surface area contributed by atoms with E-state index in [2.05, 4.69) is 10.6 Å². The van der Waals surface area contributed by atoms with E-state index in [0.29, 0.717) is 31.7 Å². The molecule has 1 fully saturated rings. The zero-order valence-electron chi connectivity index (χ0n) is 13.1. The Morgan fingerprint density at radius 2 is 2.14 bits per heavy atom. The highest BCUT2D eigenvalue weighted by molar-refractivity contribution is 5.84. The third kappa shape index (κ3) is 4.73. The molecular formula is C16H23N3O3. The van der Waals surface area contributed by atoms with Gasteiger partial charge in [0.15, 0.2) is 0 Å². The highest BCUT2D eigenvalue weighted by Crippen LogP contribution is 2.14. The van der Waals surface area contributed by atoms with Gasteiger partial charge in [-0.1, -0.05) is 6.07 Å². The fraction of sp³-hybridized carbons (Fsp3) is 0.500. The van der Waals surface area contributed by atoms with Crippen LogP contribution in [0.25, 0.3) is 0 Å². The Morgan fingerprint density at radius 1 is 1.32 bits per heavy atom. The van der Waals surface area contributed by atoms with Crippen LogP contribution in [0.5, 0.6) is 0 Å². The predicted molar refractivity (Wildman–Crippen MR) is 85.0 cm³/mol. The lowest BCUT2D eigenvalue weighted by atomic mass is 10.1. The fourth-order valence-electron chi connectivity index (χ4n) is 2.28. The van der Waals surface area contributed by atoms with Crippen molar-refractivity contribution in [2.75, 3.05) is 38.1 Å². The second kappa shape index (κ2) is 7.79. The molecule has 120 valence electrons. The van der Waals surface area contributed by atoms with Gasteiger partial charge in [0.2, 0.25) is 5.91 Å². The van der Waals surface area contributed by atoms with Crippen LogP contribution in [0.15, 0.2) is 18.2 Å². The average Bonchev–Trinajstić information content (AvgIpc) is 2.68. The highest BCUT2D eigenvalue weighted by Gasteiger charge is 2.16. The summed E-state index contributed by atoms with van der Waals surface area (Å²) in [4.78, 5) is 25.3. The van der Waals surface area contributed by atoms with Crippen LogP contribution in [-0.4, -0.2) is 49.7 Å². The van der Waals surface area contributed by atoms with Gasteiger partial charge >= 0.3 is 6.09 Å². The van der Waals surface area contributed by atoms with Crippen LogP contribution in [0.4, 0.5) is 10.5 Å². The number of rotatable bonds is 4. The molecule has 2 amide bonds. The lowest BCUT2D eigenvalue weighted by Crippen LogP contribution is -2.35. The molecule has 0 unspecified atom stereocenters. The molecule has 1 aromatic carbocycles. The summed E-state index contributed by atoms with van der Waals surface area (Å²) < 4.78 is 5.14. The lowest BCUT2D eigenvalue weighted by molar-refractivity contribution is -0.130. The van der Waals surface area contributed by atoms with Gasteiger partial charge in [-0.05, 0) is 37.1 Å². The van der Waals surface area contributed by atoms with Crippen molar-refractivity contribution >= 4 is 17.7 Å². The zero-order chi connectivity index (χ0) is 15.9. The van der Waals surface area contributed by atoms with Crippen molar-refractivity contribution in [2.45, 2.75) is 20.3 Å². The van der Waals surface area contributed by atoms with Crippen molar-refractivity contribution in [3.63, 3.8) is 0 Å². The normalized spacial score (nSPS) is 15.4. The zero-order valence-corrected chi connectivity index (χ0v) is 13.1. The molecule has 0 aromatic heterocycles. The Balaban J connectivity index is 1.75. The van der Waals surface area contributed by atoms with Crippen LogP contribution in [0.2, 0.25) is 0 Å². The van der Waals surface area contributed by atoms with Crippen LogP contribution in [0.3, 0.4) is 0 Å². The second-order valence-corrected chi connectivity index (χ2v) is 5.44. The third-order valence-corrected chi connectivity index (χ3v) is 3.77. The van der Waals surface area contributed by atoms with Gasteiger partial charge in [0.25, 0.3) is 0 Å². The molecule has 6 nitrogen and oxygen atoms in total. The Labute approximate surface area is 130 Å². The third-order valence-electron chi connectivity index (χ3n) is 3.77. The first kappa shape index (κ1) is 16.3. The van der Waals surface area contributed by atoms with E-state index in [-0.39, 0.29) is 12.5 Å². The summed E-state index contributed by atoms with van der Waals surface area (Å²) in [7, 11) is 0. The molecule has 0 bridgehead atoms. The van der Waals surface area contributed by atoms with Gasteiger partial charge in [-0.3, -0.25) is 10.1 Å². The van der Waals surface area contributed by atoms with Crippen molar-refractivity contribution in [3.05, 3.63) is 29.3 Å². The number of nitrogens with zero attached hydrogens (tertiary/aromatic N) is 1. The Hall–Kier alpha value is -2.08. The maximum atomic E-state index is 11.8. The van der Waals surface area contributed by atoms with Crippen LogP contribution in [-0.2, 0) is 9.53 Å². The van der Waals surface area contributed by atoms with E-state index in [0.717, 1.165) is 12.1 Å². The van der Waals surface area contributed by atoms with E-state index < -0.39 is 6.09 Å². The summed E-state index contributed by atoms with van der Waals surface area (Å²) in [5.74, 6) is 0.100. The highest BCUT2D eigenvalue weighted by atomic mass is 16.5. The molecule has 0 spiro atoms. The van der Waals surface area contributed by atoms with Crippen molar-refractivity contribution < 1.29 is 14.3 Å². The minimum atomic E-state index is -0.497. The minimum absolute atomic E-state index is 0.100. The molecule has 1 saturated heterocycles. The molecule has 1 aliphatic heterocycles. The number of carbonyl (C=O) groups is 2.